The predicted octanol–water partition coefficient (Wildman–Crippen LogP) is 9.15. The second kappa shape index (κ2) is 14.0. The first-order chi connectivity index (χ1) is 22.9. The Labute approximate surface area is 283 Å². The molecule has 5 nitrogen and oxygen atoms in total. The molecule has 4 aromatic carbocycles. The molecule has 0 aliphatic rings. The zero-order chi connectivity index (χ0) is 34.5. The van der Waals surface area contributed by atoms with E-state index in [1.165, 1.54) is 23.6 Å². The van der Waals surface area contributed by atoms with E-state index in [0.717, 1.165) is 28.3 Å². The van der Waals surface area contributed by atoms with E-state index in [9.17, 15) is 23.2 Å². The van der Waals surface area contributed by atoms with Gasteiger partial charge in [-0.2, -0.15) is 18.4 Å². The number of pyridine rings is 1. The Morgan fingerprint density at radius 3 is 1.81 bits per heavy atom. The van der Waals surface area contributed by atoms with Crippen LogP contribution in [0.4, 0.5) is 24.7 Å². The Morgan fingerprint density at radius 1 is 0.833 bits per heavy atom. The highest BCUT2D eigenvalue weighted by atomic mass is 32.2. The average molecular weight is 665 g/mol. The van der Waals surface area contributed by atoms with Crippen molar-refractivity contribution in [3.63, 3.8) is 0 Å². The number of thioether (sulfide) groups is 1. The summed E-state index contributed by atoms with van der Waals surface area (Å²) in [5.74, 6) is -0.643. The fourth-order valence-corrected chi connectivity index (χ4v) is 7.47. The molecular weight excluding hydrogens is 630 g/mol. The Hall–Kier alpha value is -5.07. The SMILES string of the molecule is Cc1cccc(N(C)C(=O)[C@@](C)(CSC(c2ccccc2)(c2ccccc2)c2ccccc2)Nc2nc(C)cc(C(F)(F)F)c2C#N)c1. The molecular formula is C39H35F3N4OS. The summed E-state index contributed by atoms with van der Waals surface area (Å²) in [6.45, 7) is 5.00. The Balaban J connectivity index is 1.70. The summed E-state index contributed by atoms with van der Waals surface area (Å²) in [5, 5.41) is 13.1. The molecule has 5 aromatic rings. The van der Waals surface area contributed by atoms with Crippen LogP contribution in [0.3, 0.4) is 0 Å². The Morgan fingerprint density at radius 2 is 1.35 bits per heavy atom. The molecule has 1 atom stereocenters. The molecule has 244 valence electrons. The topological polar surface area (TPSA) is 69.0 Å². The summed E-state index contributed by atoms with van der Waals surface area (Å²) < 4.78 is 41.6. The number of likely N-dealkylation sites (N-methyl/N-ethyl adjacent to an activating group) is 1. The quantitative estimate of drug-likeness (QED) is 0.151. The lowest BCUT2D eigenvalue weighted by molar-refractivity contribution is -0.137. The standard InChI is InChI=1S/C39H35F3N4OS/c1-27-15-14-22-32(23-27)46(4)36(47)37(3,45-35-33(25-43)34(39(40,41)42)24-28(2)44-35)26-48-38(29-16-8-5-9-17-29,30-18-10-6-11-19-30)31-20-12-7-13-21-31/h5-24H,26H2,1-4H3,(H,44,45)/t37-/m1/s1. The van der Waals surface area contributed by atoms with E-state index in [-0.39, 0.29) is 17.3 Å². The summed E-state index contributed by atoms with van der Waals surface area (Å²) in [4.78, 5) is 20.5. The fourth-order valence-electron chi connectivity index (χ4n) is 5.86. The van der Waals surface area contributed by atoms with Crippen LogP contribution in [0.1, 0.15) is 46.0 Å². The smallest absolute Gasteiger partial charge is 0.354 e. The van der Waals surface area contributed by atoms with Gasteiger partial charge >= 0.3 is 6.18 Å². The fraction of sp³-hybridized carbons (Fsp3) is 0.205. The minimum atomic E-state index is -4.80. The highest BCUT2D eigenvalue weighted by molar-refractivity contribution is 8.00. The molecule has 0 fully saturated rings. The number of amides is 1. The van der Waals surface area contributed by atoms with Gasteiger partial charge in [-0.1, -0.05) is 103 Å². The first-order valence-electron chi connectivity index (χ1n) is 15.3. The number of hydrogen-bond donors (Lipinski definition) is 1. The number of carbonyl (C=O) groups excluding carboxylic acids is 1. The van der Waals surface area contributed by atoms with Crippen LogP contribution in [-0.4, -0.2) is 29.2 Å². The van der Waals surface area contributed by atoms with Gasteiger partial charge in [0.1, 0.15) is 23.0 Å². The van der Waals surface area contributed by atoms with Crippen molar-refractivity contribution in [1.82, 2.24) is 4.98 Å². The second-order valence-corrected chi connectivity index (χ2v) is 13.1. The summed E-state index contributed by atoms with van der Waals surface area (Å²) in [7, 11) is 1.64. The minimum Gasteiger partial charge on any atom is -0.354 e. The monoisotopic (exact) mass is 664 g/mol. The zero-order valence-electron chi connectivity index (χ0n) is 27.0. The average Bonchev–Trinajstić information content (AvgIpc) is 3.08. The lowest BCUT2D eigenvalue weighted by atomic mass is 9.84. The van der Waals surface area contributed by atoms with Gasteiger partial charge in [0.15, 0.2) is 0 Å². The number of anilines is 2. The molecule has 0 aliphatic carbocycles. The van der Waals surface area contributed by atoms with Gasteiger partial charge in [0, 0.05) is 24.2 Å². The molecule has 5 rings (SSSR count). The van der Waals surface area contributed by atoms with E-state index in [1.807, 2.05) is 116 Å². The first-order valence-corrected chi connectivity index (χ1v) is 16.3. The number of alkyl halides is 3. The third-order valence-corrected chi connectivity index (χ3v) is 10.1. The van der Waals surface area contributed by atoms with E-state index in [1.54, 1.807) is 26.1 Å². The van der Waals surface area contributed by atoms with E-state index in [2.05, 4.69) is 10.3 Å². The summed E-state index contributed by atoms with van der Waals surface area (Å²) >= 11 is 1.48. The number of rotatable bonds is 10. The van der Waals surface area contributed by atoms with Gasteiger partial charge in [0.2, 0.25) is 0 Å². The maximum Gasteiger partial charge on any atom is 0.417 e. The number of benzene rings is 4. The zero-order valence-corrected chi connectivity index (χ0v) is 27.9. The molecule has 0 saturated carbocycles. The maximum absolute atomic E-state index is 14.7. The van der Waals surface area contributed by atoms with Crippen molar-refractivity contribution in [2.45, 2.75) is 37.2 Å². The summed E-state index contributed by atoms with van der Waals surface area (Å²) in [6.07, 6.45) is -4.80. The second-order valence-electron chi connectivity index (χ2n) is 11.9. The Bertz CT molecular complexity index is 1830. The largest absolute Gasteiger partial charge is 0.417 e. The van der Waals surface area contributed by atoms with Gasteiger partial charge in [-0.3, -0.25) is 4.79 Å². The van der Waals surface area contributed by atoms with Crippen LogP contribution in [0.25, 0.3) is 0 Å². The van der Waals surface area contributed by atoms with Crippen LogP contribution in [0.15, 0.2) is 121 Å². The normalized spacial score (nSPS) is 12.9. The van der Waals surface area contributed by atoms with Gasteiger partial charge < -0.3 is 10.2 Å². The van der Waals surface area contributed by atoms with Crippen LogP contribution in [-0.2, 0) is 15.7 Å². The van der Waals surface area contributed by atoms with E-state index < -0.39 is 33.5 Å². The molecule has 1 N–H and O–H groups in total. The van der Waals surface area contributed by atoms with E-state index in [4.69, 9.17) is 0 Å². The van der Waals surface area contributed by atoms with Crippen molar-refractivity contribution in [2.75, 3.05) is 23.0 Å². The molecule has 1 amide bonds. The van der Waals surface area contributed by atoms with Crippen LogP contribution in [0.2, 0.25) is 0 Å². The van der Waals surface area contributed by atoms with Crippen molar-refractivity contribution in [2.24, 2.45) is 0 Å². The first kappa shape index (κ1) is 34.3. The number of nitrogens with one attached hydrogen (secondary N) is 1. The molecule has 0 spiro atoms. The van der Waals surface area contributed by atoms with Crippen molar-refractivity contribution < 1.29 is 18.0 Å². The summed E-state index contributed by atoms with van der Waals surface area (Å²) in [5.41, 5.74) is 1.16. The number of aryl methyl sites for hydroxylation is 2. The molecule has 0 radical (unpaired) electrons. The molecule has 1 heterocycles. The van der Waals surface area contributed by atoms with Gasteiger partial charge in [0.05, 0.1) is 10.3 Å². The lowest BCUT2D eigenvalue weighted by Crippen LogP contribution is -2.54. The van der Waals surface area contributed by atoms with Crippen LogP contribution < -0.4 is 10.2 Å². The third kappa shape index (κ3) is 6.95. The molecule has 48 heavy (non-hydrogen) atoms. The lowest BCUT2D eigenvalue weighted by Gasteiger charge is -2.40. The molecule has 1 aromatic heterocycles. The number of nitriles is 1. The van der Waals surface area contributed by atoms with Crippen molar-refractivity contribution in [3.05, 3.63) is 160 Å². The van der Waals surface area contributed by atoms with E-state index in [0.29, 0.717) is 5.69 Å². The molecule has 0 aliphatic heterocycles. The number of nitrogens with zero attached hydrogens (tertiary/aromatic N) is 3. The van der Waals surface area contributed by atoms with Gasteiger partial charge in [-0.25, -0.2) is 4.98 Å². The third-order valence-electron chi connectivity index (χ3n) is 8.24. The minimum absolute atomic E-state index is 0.0607. The van der Waals surface area contributed by atoms with Gasteiger partial charge in [-0.05, 0) is 61.2 Å². The van der Waals surface area contributed by atoms with Crippen molar-refractivity contribution in [1.29, 1.82) is 5.26 Å². The van der Waals surface area contributed by atoms with Gasteiger partial charge in [0.25, 0.3) is 5.91 Å². The van der Waals surface area contributed by atoms with Crippen LogP contribution in [0.5, 0.6) is 0 Å². The van der Waals surface area contributed by atoms with Crippen molar-refractivity contribution >= 4 is 29.2 Å². The summed E-state index contributed by atoms with van der Waals surface area (Å²) in [6, 6.07) is 39.7. The number of aromatic nitrogens is 1. The molecule has 0 saturated heterocycles. The number of halogens is 3. The van der Waals surface area contributed by atoms with E-state index >= 15 is 0 Å². The number of hydrogen-bond acceptors (Lipinski definition) is 5. The van der Waals surface area contributed by atoms with Crippen LogP contribution in [0, 0.1) is 25.2 Å². The maximum atomic E-state index is 14.7. The molecule has 9 heteroatoms. The highest BCUT2D eigenvalue weighted by Gasteiger charge is 2.44. The van der Waals surface area contributed by atoms with Gasteiger partial charge in [-0.15, -0.1) is 11.8 Å². The predicted molar refractivity (Wildman–Crippen MR) is 187 cm³/mol. The molecule has 0 unspecified atom stereocenters. The van der Waals surface area contributed by atoms with Crippen molar-refractivity contribution in [3.8, 4) is 6.07 Å². The van der Waals surface area contributed by atoms with Crippen LogP contribution >= 0.6 is 11.8 Å². The molecule has 0 bridgehead atoms. The highest BCUT2D eigenvalue weighted by Crippen LogP contribution is 2.50. The number of carbonyl (C=O) groups is 1. The Kier molecular flexibility index (Phi) is 9.97.